The Morgan fingerprint density at radius 3 is 2.86 bits per heavy atom. The van der Waals surface area contributed by atoms with Crippen molar-refractivity contribution in [3.63, 3.8) is 0 Å². The lowest BCUT2D eigenvalue weighted by atomic mass is 9.88. The first-order chi connectivity index (χ1) is 10.3. The van der Waals surface area contributed by atoms with Crippen LogP contribution in [0.1, 0.15) is 12.0 Å². The molecular weight excluding hydrogens is 266 g/mol. The summed E-state index contributed by atoms with van der Waals surface area (Å²) in [6.45, 7) is 1.57. The van der Waals surface area contributed by atoms with Gasteiger partial charge in [-0.3, -0.25) is 4.90 Å². The first-order valence-electron chi connectivity index (χ1n) is 7.16. The molecule has 2 aromatic rings. The Morgan fingerprint density at radius 2 is 2.10 bits per heavy atom. The minimum absolute atomic E-state index is 0.353. The summed E-state index contributed by atoms with van der Waals surface area (Å²) >= 11 is 0. The van der Waals surface area contributed by atoms with Crippen LogP contribution in [0.3, 0.4) is 0 Å². The largest absolute Gasteiger partial charge is 0.378 e. The summed E-state index contributed by atoms with van der Waals surface area (Å²) in [4.78, 5) is 2.41. The van der Waals surface area contributed by atoms with Crippen molar-refractivity contribution in [1.29, 1.82) is 0 Å². The maximum absolute atomic E-state index is 5.67. The Bertz CT molecular complexity index is 666. The highest BCUT2D eigenvalue weighted by molar-refractivity contribution is 5.79. The lowest BCUT2D eigenvalue weighted by Gasteiger charge is -2.42. The smallest absolute Gasteiger partial charge is 0.205 e. The van der Waals surface area contributed by atoms with Gasteiger partial charge in [-0.15, -0.1) is 10.2 Å². The third-order valence-corrected chi connectivity index (χ3v) is 4.41. The van der Waals surface area contributed by atoms with Gasteiger partial charge in [0, 0.05) is 11.6 Å². The lowest BCUT2D eigenvalue weighted by Crippen LogP contribution is -2.51. The summed E-state index contributed by atoms with van der Waals surface area (Å²) in [6, 6.07) is 9.05. The number of aromatic nitrogens is 4. The van der Waals surface area contributed by atoms with E-state index < -0.39 is 0 Å². The van der Waals surface area contributed by atoms with Crippen LogP contribution >= 0.6 is 0 Å². The predicted octanol–water partition coefficient (Wildman–Crippen LogP) is 1.35. The highest BCUT2D eigenvalue weighted by Gasteiger charge is 2.32. The van der Waals surface area contributed by atoms with Crippen molar-refractivity contribution in [2.75, 3.05) is 20.3 Å². The topological polar surface area (TPSA) is 66.9 Å². The molecule has 0 radical (unpaired) electrons. The van der Waals surface area contributed by atoms with Gasteiger partial charge < -0.3 is 4.74 Å². The van der Waals surface area contributed by atoms with Crippen LogP contribution in [0.5, 0.6) is 0 Å². The molecule has 0 amide bonds. The number of H-pyrrole nitrogens is 1. The number of rotatable bonds is 2. The molecule has 0 spiro atoms. The van der Waals surface area contributed by atoms with Crippen molar-refractivity contribution in [2.45, 2.75) is 18.5 Å². The van der Waals surface area contributed by atoms with Gasteiger partial charge in [-0.2, -0.15) is 5.21 Å². The zero-order valence-corrected chi connectivity index (χ0v) is 11.9. The average Bonchev–Trinajstić information content (AvgIpc) is 3.01. The monoisotopic (exact) mass is 283 g/mol. The molecule has 21 heavy (non-hydrogen) atoms. The number of benzene rings is 1. The maximum atomic E-state index is 5.67. The third-order valence-electron chi connectivity index (χ3n) is 4.41. The summed E-state index contributed by atoms with van der Waals surface area (Å²) in [5.41, 5.74) is 3.58. The van der Waals surface area contributed by atoms with E-state index >= 15 is 0 Å². The van der Waals surface area contributed by atoms with E-state index in [0.717, 1.165) is 25.2 Å². The van der Waals surface area contributed by atoms with Crippen LogP contribution in [0.15, 0.2) is 30.3 Å². The van der Waals surface area contributed by atoms with E-state index in [4.69, 9.17) is 4.74 Å². The fraction of sp³-hybridized carbons (Fsp3) is 0.400. The Hall–Kier alpha value is -2.05. The van der Waals surface area contributed by atoms with Gasteiger partial charge in [-0.25, -0.2) is 0 Å². The van der Waals surface area contributed by atoms with Crippen LogP contribution in [0.4, 0.5) is 0 Å². The van der Waals surface area contributed by atoms with E-state index in [0.29, 0.717) is 17.9 Å². The Kier molecular flexibility index (Phi) is 3.05. The molecule has 4 rings (SSSR count). The number of nitrogens with one attached hydrogen (secondary N) is 1. The number of nitrogens with zero attached hydrogens (tertiary/aromatic N) is 4. The van der Waals surface area contributed by atoms with Gasteiger partial charge in [0.1, 0.15) is 0 Å². The summed E-state index contributed by atoms with van der Waals surface area (Å²) in [5, 5.41) is 14.4. The van der Waals surface area contributed by atoms with Crippen molar-refractivity contribution in [3.8, 4) is 11.4 Å². The summed E-state index contributed by atoms with van der Waals surface area (Å²) in [7, 11) is 2.18. The molecule has 1 saturated heterocycles. The Morgan fingerprint density at radius 1 is 1.24 bits per heavy atom. The molecule has 2 atom stereocenters. The second-order valence-corrected chi connectivity index (χ2v) is 5.60. The number of ether oxygens (including phenoxy) is 1. The van der Waals surface area contributed by atoms with Gasteiger partial charge in [-0.05, 0) is 29.8 Å². The normalized spacial score (nSPS) is 25.7. The molecule has 1 N–H and O–H groups in total. The van der Waals surface area contributed by atoms with Crippen LogP contribution in [-0.2, 0) is 4.74 Å². The van der Waals surface area contributed by atoms with Gasteiger partial charge in [0.2, 0.25) is 5.82 Å². The average molecular weight is 283 g/mol. The van der Waals surface area contributed by atoms with E-state index in [1.165, 1.54) is 11.1 Å². The van der Waals surface area contributed by atoms with Crippen molar-refractivity contribution in [2.24, 2.45) is 0 Å². The van der Waals surface area contributed by atoms with Crippen LogP contribution in [0, 0.1) is 0 Å². The number of fused-ring (bicyclic) bond motifs is 2. The SMILES string of the molecule is CN1C2C=C(c3ccccc3-c3nn[nH]n3)CC1COC2. The molecule has 1 aromatic carbocycles. The van der Waals surface area contributed by atoms with Gasteiger partial charge in [0.05, 0.1) is 19.3 Å². The van der Waals surface area contributed by atoms with E-state index in [-0.39, 0.29) is 0 Å². The second kappa shape index (κ2) is 5.05. The summed E-state index contributed by atoms with van der Waals surface area (Å²) < 4.78 is 5.67. The van der Waals surface area contributed by atoms with Crippen LogP contribution in [0.2, 0.25) is 0 Å². The zero-order chi connectivity index (χ0) is 14.2. The molecule has 6 heteroatoms. The molecule has 108 valence electrons. The number of hydrogen-bond acceptors (Lipinski definition) is 5. The van der Waals surface area contributed by atoms with Crippen molar-refractivity contribution in [3.05, 3.63) is 35.9 Å². The first kappa shape index (κ1) is 12.7. The molecule has 3 heterocycles. The van der Waals surface area contributed by atoms with Gasteiger partial charge in [0.25, 0.3) is 0 Å². The molecule has 0 saturated carbocycles. The van der Waals surface area contributed by atoms with E-state index in [9.17, 15) is 0 Å². The van der Waals surface area contributed by atoms with Gasteiger partial charge in [-0.1, -0.05) is 30.3 Å². The fourth-order valence-corrected chi connectivity index (χ4v) is 3.19. The fourth-order valence-electron chi connectivity index (χ4n) is 3.19. The molecule has 0 aliphatic carbocycles. The Balaban J connectivity index is 1.78. The van der Waals surface area contributed by atoms with Crippen LogP contribution in [0.25, 0.3) is 17.0 Å². The molecule has 2 bridgehead atoms. The van der Waals surface area contributed by atoms with E-state index in [1.807, 2.05) is 12.1 Å². The predicted molar refractivity (Wildman–Crippen MR) is 78.4 cm³/mol. The number of aromatic amines is 1. The first-order valence-corrected chi connectivity index (χ1v) is 7.16. The minimum Gasteiger partial charge on any atom is -0.378 e. The molecule has 2 aliphatic rings. The quantitative estimate of drug-likeness (QED) is 0.901. The van der Waals surface area contributed by atoms with Gasteiger partial charge >= 0.3 is 0 Å². The van der Waals surface area contributed by atoms with E-state index in [2.05, 4.69) is 50.8 Å². The number of likely N-dealkylation sites (N-methyl/N-ethyl adjacent to an activating group) is 1. The second-order valence-electron chi connectivity index (χ2n) is 5.60. The Labute approximate surface area is 122 Å². The molecule has 6 nitrogen and oxygen atoms in total. The van der Waals surface area contributed by atoms with Crippen molar-refractivity contribution >= 4 is 5.57 Å². The summed E-state index contributed by atoms with van der Waals surface area (Å²) in [5.74, 6) is 0.645. The number of morpholine rings is 1. The highest BCUT2D eigenvalue weighted by atomic mass is 16.5. The van der Waals surface area contributed by atoms with Gasteiger partial charge in [0.15, 0.2) is 0 Å². The number of hydrogen-bond donors (Lipinski definition) is 1. The van der Waals surface area contributed by atoms with Crippen LogP contribution < -0.4 is 0 Å². The molecule has 2 unspecified atom stereocenters. The number of tetrazole rings is 1. The third kappa shape index (κ3) is 2.16. The molecule has 2 aliphatic heterocycles. The lowest BCUT2D eigenvalue weighted by molar-refractivity contribution is -0.0221. The molecule has 1 fully saturated rings. The molecule has 1 aromatic heterocycles. The van der Waals surface area contributed by atoms with Crippen molar-refractivity contribution < 1.29 is 4.74 Å². The standard InChI is InChI=1S/C15H17N5O/c1-20-11-6-10(7-12(20)9-21-8-11)13-4-2-3-5-14(13)15-16-18-19-17-15/h2-6,11-12H,7-9H2,1H3,(H,16,17,18,19). The van der Waals surface area contributed by atoms with E-state index in [1.54, 1.807) is 0 Å². The van der Waals surface area contributed by atoms with Crippen LogP contribution in [-0.4, -0.2) is 57.9 Å². The van der Waals surface area contributed by atoms with Crippen molar-refractivity contribution in [1.82, 2.24) is 25.5 Å². The molecular formula is C15H17N5O. The highest BCUT2D eigenvalue weighted by Crippen LogP contribution is 2.35. The summed E-state index contributed by atoms with van der Waals surface area (Å²) in [6.07, 6.45) is 3.30. The minimum atomic E-state index is 0.353. The maximum Gasteiger partial charge on any atom is 0.205 e. The zero-order valence-electron chi connectivity index (χ0n) is 11.9.